The molecule has 2 radical (unpaired) electrons. The summed E-state index contributed by atoms with van der Waals surface area (Å²) in [5.41, 5.74) is 5.08. The van der Waals surface area contributed by atoms with Crippen molar-refractivity contribution in [3.8, 4) is 0 Å². The van der Waals surface area contributed by atoms with Crippen LogP contribution in [0.25, 0.3) is 0 Å². The molecule has 0 aliphatic heterocycles. The van der Waals surface area contributed by atoms with Crippen LogP contribution in [0.1, 0.15) is 33.4 Å². The van der Waals surface area contributed by atoms with Gasteiger partial charge in [-0.25, -0.2) is 8.78 Å². The summed E-state index contributed by atoms with van der Waals surface area (Å²) in [6, 6.07) is 5.96. The molecule has 0 atom stereocenters. The number of hydrogen-bond acceptors (Lipinski definition) is 0. The lowest BCUT2D eigenvalue weighted by Crippen LogP contribution is -1.99. The van der Waals surface area contributed by atoms with E-state index in [0.29, 0.717) is 0 Å². The van der Waals surface area contributed by atoms with Crippen molar-refractivity contribution in [1.82, 2.24) is 0 Å². The second-order valence-corrected chi connectivity index (χ2v) is 4.95. The fourth-order valence-corrected chi connectivity index (χ4v) is 2.34. The van der Waals surface area contributed by atoms with Gasteiger partial charge in [0.05, 0.1) is 6.42 Å². The van der Waals surface area contributed by atoms with Crippen LogP contribution in [0.15, 0.2) is 24.3 Å². The molecular formula is C17H16F2. The highest BCUT2D eigenvalue weighted by Crippen LogP contribution is 2.25. The fraction of sp³-hybridized carbons (Fsp3) is 0.235. The Morgan fingerprint density at radius 3 is 1.16 bits per heavy atom. The van der Waals surface area contributed by atoms with Gasteiger partial charge in [0.15, 0.2) is 0 Å². The second kappa shape index (κ2) is 5.12. The molecule has 0 aliphatic rings. The van der Waals surface area contributed by atoms with Gasteiger partial charge in [-0.3, -0.25) is 0 Å². The van der Waals surface area contributed by atoms with E-state index in [4.69, 9.17) is 0 Å². The minimum absolute atomic E-state index is 0.242. The molecule has 19 heavy (non-hydrogen) atoms. The summed E-state index contributed by atoms with van der Waals surface area (Å²) in [6.45, 7) is 7.42. The van der Waals surface area contributed by atoms with Gasteiger partial charge in [0.25, 0.3) is 0 Å². The van der Waals surface area contributed by atoms with Crippen LogP contribution >= 0.6 is 0 Å². The maximum atomic E-state index is 13.3. The molecule has 2 aromatic rings. The predicted octanol–water partition coefficient (Wildman–Crippen LogP) is 4.68. The van der Waals surface area contributed by atoms with Crippen LogP contribution in [0.3, 0.4) is 0 Å². The second-order valence-electron chi connectivity index (χ2n) is 4.95. The molecule has 0 heterocycles. The zero-order valence-electron chi connectivity index (χ0n) is 11.6. The van der Waals surface area contributed by atoms with E-state index in [-0.39, 0.29) is 11.6 Å². The molecule has 2 heteroatoms. The molecule has 0 amide bonds. The smallest absolute Gasteiger partial charge is 0.123 e. The highest BCUT2D eigenvalue weighted by atomic mass is 19.1. The molecule has 2 aromatic carbocycles. The van der Waals surface area contributed by atoms with Gasteiger partial charge < -0.3 is 0 Å². The number of halogens is 2. The molecular weight excluding hydrogens is 242 g/mol. The van der Waals surface area contributed by atoms with E-state index in [1.54, 1.807) is 0 Å². The SMILES string of the molecule is Cc1cc(F)cc(C)c1[C]c1c(C)cc(F)cc1C. The maximum Gasteiger partial charge on any atom is 0.123 e. The largest absolute Gasteiger partial charge is 0.207 e. The topological polar surface area (TPSA) is 0 Å². The zero-order chi connectivity index (χ0) is 14.2. The van der Waals surface area contributed by atoms with Crippen molar-refractivity contribution in [1.29, 1.82) is 0 Å². The zero-order valence-corrected chi connectivity index (χ0v) is 11.6. The third-order valence-electron chi connectivity index (χ3n) is 3.24. The average Bonchev–Trinajstić information content (AvgIpc) is 2.25. The molecule has 0 spiro atoms. The molecule has 0 aromatic heterocycles. The summed E-state index contributed by atoms with van der Waals surface area (Å²) >= 11 is 0. The Hall–Kier alpha value is -1.70. The maximum absolute atomic E-state index is 13.3. The van der Waals surface area contributed by atoms with E-state index in [1.165, 1.54) is 24.3 Å². The summed E-state index contributed by atoms with van der Waals surface area (Å²) < 4.78 is 26.6. The van der Waals surface area contributed by atoms with E-state index in [9.17, 15) is 8.78 Å². The highest BCUT2D eigenvalue weighted by molar-refractivity contribution is 5.51. The van der Waals surface area contributed by atoms with E-state index in [1.807, 2.05) is 27.7 Å². The lowest BCUT2D eigenvalue weighted by molar-refractivity contribution is 0.624. The quantitative estimate of drug-likeness (QED) is 0.734. The van der Waals surface area contributed by atoms with Gasteiger partial charge in [0.1, 0.15) is 11.6 Å². The van der Waals surface area contributed by atoms with E-state index in [0.717, 1.165) is 33.4 Å². The first-order valence-corrected chi connectivity index (χ1v) is 6.19. The molecule has 0 fully saturated rings. The number of rotatable bonds is 2. The van der Waals surface area contributed by atoms with Gasteiger partial charge >= 0.3 is 0 Å². The Labute approximate surface area is 113 Å². The van der Waals surface area contributed by atoms with Crippen LogP contribution in [-0.2, 0) is 0 Å². The van der Waals surface area contributed by atoms with Gasteiger partial charge in [-0.05, 0) is 85.3 Å². The van der Waals surface area contributed by atoms with Gasteiger partial charge in [-0.1, -0.05) is 0 Å². The van der Waals surface area contributed by atoms with Crippen LogP contribution in [0.2, 0.25) is 0 Å². The average molecular weight is 258 g/mol. The molecule has 0 saturated carbocycles. The Bertz CT molecular complexity index is 526. The first-order valence-electron chi connectivity index (χ1n) is 6.19. The Balaban J connectivity index is 2.48. The minimum atomic E-state index is -0.242. The minimum Gasteiger partial charge on any atom is -0.207 e. The predicted molar refractivity (Wildman–Crippen MR) is 73.2 cm³/mol. The van der Waals surface area contributed by atoms with Crippen molar-refractivity contribution in [3.05, 3.63) is 75.7 Å². The van der Waals surface area contributed by atoms with Crippen molar-refractivity contribution in [2.24, 2.45) is 0 Å². The van der Waals surface area contributed by atoms with E-state index < -0.39 is 0 Å². The number of benzene rings is 2. The Kier molecular flexibility index (Phi) is 3.70. The van der Waals surface area contributed by atoms with Crippen molar-refractivity contribution >= 4 is 0 Å². The van der Waals surface area contributed by atoms with Gasteiger partial charge in [-0.2, -0.15) is 0 Å². The molecule has 0 aliphatic carbocycles. The standard InChI is InChI=1S/C17H16F2/c1-10-5-14(18)6-11(2)16(10)9-17-12(3)7-15(19)8-13(17)4/h5-8H,1-4H3. The van der Waals surface area contributed by atoms with Crippen LogP contribution in [0.5, 0.6) is 0 Å². The van der Waals surface area contributed by atoms with Crippen molar-refractivity contribution < 1.29 is 8.78 Å². The molecule has 0 N–H and O–H groups in total. The summed E-state index contributed by atoms with van der Waals surface area (Å²) in [5, 5.41) is 0. The summed E-state index contributed by atoms with van der Waals surface area (Å²) in [5.74, 6) is -0.485. The highest BCUT2D eigenvalue weighted by Gasteiger charge is 2.12. The summed E-state index contributed by atoms with van der Waals surface area (Å²) in [6.07, 6.45) is 3.30. The monoisotopic (exact) mass is 258 g/mol. The van der Waals surface area contributed by atoms with Crippen LogP contribution in [0, 0.1) is 45.8 Å². The van der Waals surface area contributed by atoms with Crippen LogP contribution in [-0.4, -0.2) is 0 Å². The van der Waals surface area contributed by atoms with Gasteiger partial charge in [-0.15, -0.1) is 0 Å². The fourth-order valence-electron chi connectivity index (χ4n) is 2.34. The lowest BCUT2D eigenvalue weighted by Gasteiger charge is -2.13. The molecule has 98 valence electrons. The Morgan fingerprint density at radius 1 is 0.632 bits per heavy atom. The van der Waals surface area contributed by atoms with Gasteiger partial charge in [0.2, 0.25) is 0 Å². The Morgan fingerprint density at radius 2 is 0.895 bits per heavy atom. The first kappa shape index (κ1) is 13.7. The third-order valence-corrected chi connectivity index (χ3v) is 3.24. The molecule has 0 bridgehead atoms. The molecule has 2 rings (SSSR count). The van der Waals surface area contributed by atoms with E-state index in [2.05, 4.69) is 6.42 Å². The number of hydrogen-bond donors (Lipinski definition) is 0. The van der Waals surface area contributed by atoms with Crippen LogP contribution < -0.4 is 0 Å². The first-order chi connectivity index (χ1) is 8.88. The molecule has 0 saturated heterocycles. The normalized spacial score (nSPS) is 10.8. The molecule has 0 unspecified atom stereocenters. The van der Waals surface area contributed by atoms with Crippen molar-refractivity contribution in [2.75, 3.05) is 0 Å². The summed E-state index contributed by atoms with van der Waals surface area (Å²) in [4.78, 5) is 0. The van der Waals surface area contributed by atoms with Crippen LogP contribution in [0.4, 0.5) is 8.78 Å². The van der Waals surface area contributed by atoms with Crippen molar-refractivity contribution in [3.63, 3.8) is 0 Å². The summed E-state index contributed by atoms with van der Waals surface area (Å²) in [7, 11) is 0. The van der Waals surface area contributed by atoms with Crippen molar-refractivity contribution in [2.45, 2.75) is 27.7 Å². The lowest BCUT2D eigenvalue weighted by atomic mass is 9.91. The third kappa shape index (κ3) is 2.83. The van der Waals surface area contributed by atoms with Gasteiger partial charge in [0, 0.05) is 0 Å². The molecule has 0 nitrogen and oxygen atoms in total. The van der Waals surface area contributed by atoms with E-state index >= 15 is 0 Å². The number of aryl methyl sites for hydroxylation is 4.